The third kappa shape index (κ3) is 4.70. The molecule has 5 rings (SSSR count). The number of fused-ring (bicyclic) bond motifs is 2. The molecule has 5 aromatic rings. The van der Waals surface area contributed by atoms with E-state index in [0.29, 0.717) is 42.4 Å². The van der Waals surface area contributed by atoms with Gasteiger partial charge >= 0.3 is 0 Å². The molecular formula is C26H27N7O3. The predicted octanol–water partition coefficient (Wildman–Crippen LogP) is 4.71. The Labute approximate surface area is 207 Å². The molecule has 0 unspecified atom stereocenters. The van der Waals surface area contributed by atoms with Crippen LogP contribution in [0.15, 0.2) is 53.3 Å². The maximum atomic E-state index is 12.7. The number of benzene rings is 1. The second-order valence-electron chi connectivity index (χ2n) is 8.44. The SMILES string of the molecule is CCCOc1nccc2c1cc(NC(=O)CCNc1nccc3ccc(-c4noc(C)n4)cc13)n2C. The summed E-state index contributed by atoms with van der Waals surface area (Å²) >= 11 is 0. The molecule has 10 nitrogen and oxygen atoms in total. The minimum Gasteiger partial charge on any atom is -0.477 e. The van der Waals surface area contributed by atoms with E-state index < -0.39 is 0 Å². The molecule has 0 aliphatic heterocycles. The van der Waals surface area contributed by atoms with Crippen LogP contribution in [0.3, 0.4) is 0 Å². The molecule has 36 heavy (non-hydrogen) atoms. The molecule has 4 aromatic heterocycles. The van der Waals surface area contributed by atoms with Crippen molar-refractivity contribution in [2.75, 3.05) is 23.8 Å². The molecule has 0 saturated carbocycles. The summed E-state index contributed by atoms with van der Waals surface area (Å²) in [5.74, 6) is 2.87. The number of carbonyl (C=O) groups is 1. The Morgan fingerprint density at radius 2 is 1.97 bits per heavy atom. The molecule has 0 saturated heterocycles. The van der Waals surface area contributed by atoms with Crippen molar-refractivity contribution in [1.82, 2.24) is 24.7 Å². The Hall–Kier alpha value is -4.47. The van der Waals surface area contributed by atoms with Gasteiger partial charge in [-0.05, 0) is 36.1 Å². The molecule has 184 valence electrons. The maximum absolute atomic E-state index is 12.7. The standard InChI is InChI=1S/C26H27N7O3/c1-4-13-35-26-20-15-22(33(3)21(20)8-11-29-26)31-23(34)9-12-28-25-19-14-18(24-30-16(2)36-32-24)6-5-17(19)7-10-27-25/h5-8,10-11,14-15H,4,9,12-13H2,1-3H3,(H,27,28)(H,31,34). The lowest BCUT2D eigenvalue weighted by atomic mass is 10.1. The number of rotatable bonds is 9. The second kappa shape index (κ2) is 10.0. The number of aromatic nitrogens is 5. The van der Waals surface area contributed by atoms with Gasteiger partial charge in [-0.1, -0.05) is 24.2 Å². The van der Waals surface area contributed by atoms with E-state index in [1.165, 1.54) is 0 Å². The summed E-state index contributed by atoms with van der Waals surface area (Å²) in [6.07, 6.45) is 4.61. The van der Waals surface area contributed by atoms with Gasteiger partial charge in [0.15, 0.2) is 0 Å². The van der Waals surface area contributed by atoms with Crippen molar-refractivity contribution in [3.05, 3.63) is 54.7 Å². The summed E-state index contributed by atoms with van der Waals surface area (Å²) in [5.41, 5.74) is 1.78. The molecule has 0 aliphatic rings. The molecule has 0 bridgehead atoms. The highest BCUT2D eigenvalue weighted by molar-refractivity contribution is 5.97. The number of nitrogens with zero attached hydrogens (tertiary/aromatic N) is 5. The number of carbonyl (C=O) groups excluding carboxylic acids is 1. The van der Waals surface area contributed by atoms with E-state index >= 15 is 0 Å². The summed E-state index contributed by atoms with van der Waals surface area (Å²) < 4.78 is 12.8. The molecule has 0 fully saturated rings. The molecule has 0 spiro atoms. The van der Waals surface area contributed by atoms with Crippen LogP contribution in [0, 0.1) is 6.92 Å². The number of hydrogen-bond acceptors (Lipinski definition) is 8. The van der Waals surface area contributed by atoms with Crippen molar-refractivity contribution >= 4 is 39.2 Å². The Kier molecular flexibility index (Phi) is 6.48. The minimum absolute atomic E-state index is 0.111. The van der Waals surface area contributed by atoms with Gasteiger partial charge in [0, 0.05) is 50.3 Å². The molecule has 0 aliphatic carbocycles. The highest BCUT2D eigenvalue weighted by Crippen LogP contribution is 2.29. The quantitative estimate of drug-likeness (QED) is 0.308. The number of anilines is 2. The number of ether oxygens (including phenoxy) is 1. The van der Waals surface area contributed by atoms with Crippen LogP contribution in [0.4, 0.5) is 11.6 Å². The Morgan fingerprint density at radius 1 is 1.11 bits per heavy atom. The van der Waals surface area contributed by atoms with E-state index in [1.54, 1.807) is 19.3 Å². The van der Waals surface area contributed by atoms with Gasteiger partial charge in [-0.2, -0.15) is 4.98 Å². The highest BCUT2D eigenvalue weighted by Gasteiger charge is 2.14. The first-order valence-electron chi connectivity index (χ1n) is 11.8. The van der Waals surface area contributed by atoms with Crippen LogP contribution in [0.25, 0.3) is 33.1 Å². The van der Waals surface area contributed by atoms with E-state index in [1.807, 2.05) is 54.9 Å². The fraction of sp³-hybridized carbons (Fsp3) is 0.269. The molecule has 2 N–H and O–H groups in total. The van der Waals surface area contributed by atoms with Gasteiger partial charge in [-0.15, -0.1) is 0 Å². The predicted molar refractivity (Wildman–Crippen MR) is 138 cm³/mol. The largest absolute Gasteiger partial charge is 0.477 e. The molecule has 1 aromatic carbocycles. The van der Waals surface area contributed by atoms with Crippen molar-refractivity contribution in [2.45, 2.75) is 26.7 Å². The van der Waals surface area contributed by atoms with E-state index in [2.05, 4.69) is 30.7 Å². The minimum atomic E-state index is -0.111. The number of hydrogen-bond donors (Lipinski definition) is 2. The van der Waals surface area contributed by atoms with Gasteiger partial charge in [0.2, 0.25) is 23.5 Å². The lowest BCUT2D eigenvalue weighted by Crippen LogP contribution is -2.18. The second-order valence-corrected chi connectivity index (χ2v) is 8.44. The van der Waals surface area contributed by atoms with Gasteiger partial charge in [-0.3, -0.25) is 4.79 Å². The van der Waals surface area contributed by atoms with Gasteiger partial charge in [-0.25, -0.2) is 9.97 Å². The zero-order chi connectivity index (χ0) is 25.1. The zero-order valence-electron chi connectivity index (χ0n) is 20.4. The van der Waals surface area contributed by atoms with Gasteiger partial charge in [0.25, 0.3) is 0 Å². The Balaban J connectivity index is 1.27. The maximum Gasteiger partial charge on any atom is 0.227 e. The van der Waals surface area contributed by atoms with Crippen LogP contribution < -0.4 is 15.4 Å². The number of pyridine rings is 2. The Morgan fingerprint density at radius 3 is 2.78 bits per heavy atom. The van der Waals surface area contributed by atoms with Crippen molar-refractivity contribution in [3.63, 3.8) is 0 Å². The molecule has 0 atom stereocenters. The lowest BCUT2D eigenvalue weighted by Gasteiger charge is -2.10. The normalized spacial score (nSPS) is 11.2. The smallest absolute Gasteiger partial charge is 0.227 e. The van der Waals surface area contributed by atoms with Gasteiger partial charge in [0.05, 0.1) is 17.5 Å². The topological polar surface area (TPSA) is 120 Å². The third-order valence-corrected chi connectivity index (χ3v) is 5.84. The van der Waals surface area contributed by atoms with Crippen molar-refractivity contribution in [1.29, 1.82) is 0 Å². The molecule has 10 heteroatoms. The van der Waals surface area contributed by atoms with Gasteiger partial charge in [0.1, 0.15) is 11.6 Å². The van der Waals surface area contributed by atoms with E-state index in [0.717, 1.165) is 33.7 Å². The van der Waals surface area contributed by atoms with Crippen LogP contribution in [0.1, 0.15) is 25.7 Å². The fourth-order valence-corrected chi connectivity index (χ4v) is 4.03. The highest BCUT2D eigenvalue weighted by atomic mass is 16.5. The molecule has 4 heterocycles. The summed E-state index contributed by atoms with van der Waals surface area (Å²) in [4.78, 5) is 25.8. The number of aryl methyl sites for hydroxylation is 2. The van der Waals surface area contributed by atoms with E-state index in [4.69, 9.17) is 9.26 Å². The summed E-state index contributed by atoms with van der Waals surface area (Å²) in [7, 11) is 1.91. The molecule has 1 amide bonds. The fourth-order valence-electron chi connectivity index (χ4n) is 4.03. The molecular weight excluding hydrogens is 458 g/mol. The summed E-state index contributed by atoms with van der Waals surface area (Å²) in [6, 6.07) is 11.6. The van der Waals surface area contributed by atoms with Crippen LogP contribution in [-0.2, 0) is 11.8 Å². The van der Waals surface area contributed by atoms with Crippen LogP contribution in [-0.4, -0.2) is 43.7 Å². The number of amides is 1. The van der Waals surface area contributed by atoms with Crippen LogP contribution in [0.2, 0.25) is 0 Å². The van der Waals surface area contributed by atoms with Gasteiger partial charge < -0.3 is 24.5 Å². The lowest BCUT2D eigenvalue weighted by molar-refractivity contribution is -0.116. The molecule has 0 radical (unpaired) electrons. The van der Waals surface area contributed by atoms with E-state index in [-0.39, 0.29) is 12.3 Å². The van der Waals surface area contributed by atoms with Crippen molar-refractivity contribution < 1.29 is 14.1 Å². The first-order valence-corrected chi connectivity index (χ1v) is 11.8. The third-order valence-electron chi connectivity index (χ3n) is 5.84. The van der Waals surface area contributed by atoms with Crippen LogP contribution in [0.5, 0.6) is 5.88 Å². The van der Waals surface area contributed by atoms with E-state index in [9.17, 15) is 4.79 Å². The summed E-state index contributed by atoms with van der Waals surface area (Å²) in [6.45, 7) is 4.81. The van der Waals surface area contributed by atoms with Crippen LogP contribution >= 0.6 is 0 Å². The first kappa shape index (κ1) is 23.3. The Bertz CT molecular complexity index is 1540. The summed E-state index contributed by atoms with van der Waals surface area (Å²) in [5, 5.41) is 13.1. The number of nitrogens with one attached hydrogen (secondary N) is 2. The average Bonchev–Trinajstić information content (AvgIpc) is 3.46. The van der Waals surface area contributed by atoms with Crippen molar-refractivity contribution in [2.24, 2.45) is 7.05 Å². The first-order chi connectivity index (χ1) is 17.5. The van der Waals surface area contributed by atoms with Crippen molar-refractivity contribution in [3.8, 4) is 17.3 Å². The average molecular weight is 486 g/mol. The zero-order valence-corrected chi connectivity index (χ0v) is 20.4. The monoisotopic (exact) mass is 485 g/mol.